The van der Waals surface area contributed by atoms with Crippen LogP contribution < -0.4 is 0 Å². The lowest BCUT2D eigenvalue weighted by molar-refractivity contribution is -0.164. The average molecular weight is 226 g/mol. The average Bonchev–Trinajstić information content (AvgIpc) is 2.05. The molecule has 0 saturated heterocycles. The summed E-state index contributed by atoms with van der Waals surface area (Å²) in [6.45, 7) is 15.7. The topological polar surface area (TPSA) is 20.2 Å². The van der Waals surface area contributed by atoms with Crippen molar-refractivity contribution in [3.8, 4) is 0 Å². The monoisotopic (exact) mass is 226 g/mol. The van der Waals surface area contributed by atoms with E-state index in [4.69, 9.17) is 0 Å². The SMILES string of the molecule is CC1CCC(O)(C(C)(C)C)C(C(C)(C)C)C1. The summed E-state index contributed by atoms with van der Waals surface area (Å²) in [7, 11) is 0. The minimum atomic E-state index is -0.502. The van der Waals surface area contributed by atoms with Gasteiger partial charge in [0.05, 0.1) is 5.60 Å². The van der Waals surface area contributed by atoms with Crippen LogP contribution in [0, 0.1) is 22.7 Å². The first kappa shape index (κ1) is 14.0. The number of hydrogen-bond donors (Lipinski definition) is 1. The molecule has 1 aliphatic rings. The van der Waals surface area contributed by atoms with Crippen molar-refractivity contribution in [1.29, 1.82) is 0 Å². The molecule has 0 spiro atoms. The van der Waals surface area contributed by atoms with Crippen molar-refractivity contribution in [2.45, 2.75) is 73.3 Å². The van der Waals surface area contributed by atoms with Gasteiger partial charge in [0, 0.05) is 0 Å². The van der Waals surface area contributed by atoms with Gasteiger partial charge in [0.1, 0.15) is 0 Å². The van der Waals surface area contributed by atoms with Crippen molar-refractivity contribution >= 4 is 0 Å². The Labute approximate surface area is 102 Å². The molecule has 0 aromatic rings. The molecule has 0 heterocycles. The van der Waals surface area contributed by atoms with E-state index in [2.05, 4.69) is 48.5 Å². The first-order chi connectivity index (χ1) is 6.98. The van der Waals surface area contributed by atoms with E-state index in [1.165, 1.54) is 6.42 Å². The van der Waals surface area contributed by atoms with Crippen LogP contribution in [0.2, 0.25) is 0 Å². The molecule has 0 aromatic heterocycles. The predicted molar refractivity (Wildman–Crippen MR) is 70.4 cm³/mol. The Kier molecular flexibility index (Phi) is 3.52. The van der Waals surface area contributed by atoms with E-state index < -0.39 is 5.60 Å². The summed E-state index contributed by atoms with van der Waals surface area (Å²) in [4.78, 5) is 0. The molecule has 1 heteroatoms. The molecular weight excluding hydrogens is 196 g/mol. The Balaban J connectivity index is 3.06. The van der Waals surface area contributed by atoms with E-state index >= 15 is 0 Å². The highest BCUT2D eigenvalue weighted by Crippen LogP contribution is 2.53. The lowest BCUT2D eigenvalue weighted by Crippen LogP contribution is -2.56. The van der Waals surface area contributed by atoms with Crippen LogP contribution in [0.3, 0.4) is 0 Å². The van der Waals surface area contributed by atoms with Crippen molar-refractivity contribution in [3.63, 3.8) is 0 Å². The lowest BCUT2D eigenvalue weighted by Gasteiger charge is -2.54. The van der Waals surface area contributed by atoms with Crippen molar-refractivity contribution in [1.82, 2.24) is 0 Å². The number of hydrogen-bond acceptors (Lipinski definition) is 1. The van der Waals surface area contributed by atoms with Crippen LogP contribution in [0.15, 0.2) is 0 Å². The van der Waals surface area contributed by atoms with Crippen LogP contribution in [-0.4, -0.2) is 10.7 Å². The first-order valence-electron chi connectivity index (χ1n) is 6.71. The summed E-state index contributed by atoms with van der Waals surface area (Å²) in [6.07, 6.45) is 3.29. The molecule has 16 heavy (non-hydrogen) atoms. The van der Waals surface area contributed by atoms with Gasteiger partial charge in [-0.25, -0.2) is 0 Å². The van der Waals surface area contributed by atoms with Gasteiger partial charge in [-0.15, -0.1) is 0 Å². The maximum atomic E-state index is 11.1. The molecule has 0 bridgehead atoms. The maximum absolute atomic E-state index is 11.1. The molecule has 0 radical (unpaired) electrons. The highest BCUT2D eigenvalue weighted by Gasteiger charge is 2.52. The molecule has 3 atom stereocenters. The van der Waals surface area contributed by atoms with Gasteiger partial charge in [-0.05, 0) is 41.9 Å². The summed E-state index contributed by atoms with van der Waals surface area (Å²) in [5, 5.41) is 11.1. The molecule has 0 aromatic carbocycles. The lowest BCUT2D eigenvalue weighted by atomic mass is 9.54. The van der Waals surface area contributed by atoms with Crippen LogP contribution in [0.25, 0.3) is 0 Å². The zero-order valence-electron chi connectivity index (χ0n) is 12.2. The number of rotatable bonds is 0. The van der Waals surface area contributed by atoms with Gasteiger partial charge >= 0.3 is 0 Å². The Morgan fingerprint density at radius 2 is 1.56 bits per heavy atom. The second-order valence-electron chi connectivity index (χ2n) is 7.97. The van der Waals surface area contributed by atoms with Crippen molar-refractivity contribution in [2.75, 3.05) is 0 Å². The first-order valence-corrected chi connectivity index (χ1v) is 6.71. The smallest absolute Gasteiger partial charge is 0.0728 e. The summed E-state index contributed by atoms with van der Waals surface area (Å²) >= 11 is 0. The van der Waals surface area contributed by atoms with E-state index in [9.17, 15) is 5.11 Å². The largest absolute Gasteiger partial charge is 0.389 e. The van der Waals surface area contributed by atoms with Gasteiger partial charge in [0.25, 0.3) is 0 Å². The Bertz CT molecular complexity index is 243. The quantitative estimate of drug-likeness (QED) is 0.655. The fraction of sp³-hybridized carbons (Fsp3) is 1.00. The summed E-state index contributed by atoms with van der Waals surface area (Å²) in [6, 6.07) is 0. The van der Waals surface area contributed by atoms with Crippen molar-refractivity contribution in [2.24, 2.45) is 22.7 Å². The van der Waals surface area contributed by atoms with E-state index in [-0.39, 0.29) is 10.8 Å². The normalized spacial score (nSPS) is 37.5. The molecule has 1 fully saturated rings. The van der Waals surface area contributed by atoms with Crippen molar-refractivity contribution < 1.29 is 5.11 Å². The molecule has 1 rings (SSSR count). The highest BCUT2D eigenvalue weighted by molar-refractivity contribution is 5.03. The molecular formula is C15H30O. The van der Waals surface area contributed by atoms with Crippen LogP contribution in [-0.2, 0) is 0 Å². The third-order valence-electron chi connectivity index (χ3n) is 4.58. The summed E-state index contributed by atoms with van der Waals surface area (Å²) < 4.78 is 0. The zero-order valence-corrected chi connectivity index (χ0v) is 12.2. The molecule has 0 amide bonds. The number of aliphatic hydroxyl groups is 1. The molecule has 1 aliphatic carbocycles. The third kappa shape index (κ3) is 2.45. The molecule has 1 saturated carbocycles. The van der Waals surface area contributed by atoms with Gasteiger partial charge < -0.3 is 5.11 Å². The van der Waals surface area contributed by atoms with Gasteiger partial charge in [-0.2, -0.15) is 0 Å². The van der Waals surface area contributed by atoms with E-state index in [1.807, 2.05) is 0 Å². The highest BCUT2D eigenvalue weighted by atomic mass is 16.3. The minimum absolute atomic E-state index is 0.0227. The summed E-state index contributed by atoms with van der Waals surface area (Å²) in [5.41, 5.74) is -0.334. The molecule has 3 unspecified atom stereocenters. The van der Waals surface area contributed by atoms with Crippen molar-refractivity contribution in [3.05, 3.63) is 0 Å². The zero-order chi connectivity index (χ0) is 12.8. The standard InChI is InChI=1S/C15H30O/c1-11-8-9-15(16,14(5,6)7)12(10-11)13(2,3)4/h11-12,16H,8-10H2,1-7H3. The van der Waals surface area contributed by atoms with E-state index in [0.717, 1.165) is 18.8 Å². The fourth-order valence-corrected chi connectivity index (χ4v) is 3.32. The Hall–Kier alpha value is -0.0400. The Morgan fingerprint density at radius 3 is 1.94 bits per heavy atom. The second kappa shape index (κ2) is 4.01. The minimum Gasteiger partial charge on any atom is -0.389 e. The van der Waals surface area contributed by atoms with Gasteiger partial charge in [-0.1, -0.05) is 48.5 Å². The van der Waals surface area contributed by atoms with E-state index in [1.54, 1.807) is 0 Å². The van der Waals surface area contributed by atoms with Gasteiger partial charge in [0.2, 0.25) is 0 Å². The second-order valence-corrected chi connectivity index (χ2v) is 7.97. The van der Waals surface area contributed by atoms with Crippen LogP contribution in [0.4, 0.5) is 0 Å². The van der Waals surface area contributed by atoms with Crippen LogP contribution >= 0.6 is 0 Å². The van der Waals surface area contributed by atoms with E-state index in [0.29, 0.717) is 5.92 Å². The summed E-state index contributed by atoms with van der Waals surface area (Å²) in [5.74, 6) is 1.16. The molecule has 1 N–H and O–H groups in total. The van der Waals surface area contributed by atoms with Gasteiger partial charge in [0.15, 0.2) is 0 Å². The third-order valence-corrected chi connectivity index (χ3v) is 4.58. The molecule has 96 valence electrons. The molecule has 0 aliphatic heterocycles. The van der Waals surface area contributed by atoms with Crippen LogP contribution in [0.5, 0.6) is 0 Å². The van der Waals surface area contributed by atoms with Gasteiger partial charge in [-0.3, -0.25) is 0 Å². The van der Waals surface area contributed by atoms with Crippen LogP contribution in [0.1, 0.15) is 67.7 Å². The fourth-order valence-electron chi connectivity index (χ4n) is 3.32. The predicted octanol–water partition coefficient (Wildman–Crippen LogP) is 4.25. The Morgan fingerprint density at radius 1 is 1.06 bits per heavy atom. The maximum Gasteiger partial charge on any atom is 0.0728 e. The molecule has 1 nitrogen and oxygen atoms in total.